The van der Waals surface area contributed by atoms with Gasteiger partial charge in [-0.3, -0.25) is 4.79 Å². The molecule has 13 heavy (non-hydrogen) atoms. The Kier molecular flexibility index (Phi) is 2.39. The van der Waals surface area contributed by atoms with Crippen molar-refractivity contribution in [3.63, 3.8) is 0 Å². The number of aryl methyl sites for hydroxylation is 1. The van der Waals surface area contributed by atoms with E-state index in [1.54, 1.807) is 12.3 Å². The number of aromatic nitrogens is 1. The fourth-order valence-corrected chi connectivity index (χ4v) is 2.10. The third kappa shape index (κ3) is 1.63. The lowest BCUT2D eigenvalue weighted by Crippen LogP contribution is -2.22. The van der Waals surface area contributed by atoms with Gasteiger partial charge in [0, 0.05) is 11.8 Å². The first-order valence-corrected chi connectivity index (χ1v) is 5.30. The first-order chi connectivity index (χ1) is 6.18. The summed E-state index contributed by atoms with van der Waals surface area (Å²) in [7, 11) is 0. The summed E-state index contributed by atoms with van der Waals surface area (Å²) >= 11 is 9.05. The van der Waals surface area contributed by atoms with E-state index in [1.165, 1.54) is 0 Å². The second kappa shape index (κ2) is 3.39. The highest BCUT2D eigenvalue weighted by Gasteiger charge is 2.25. The van der Waals surface area contributed by atoms with Gasteiger partial charge in [0.2, 0.25) is 0 Å². The quantitative estimate of drug-likeness (QED) is 0.530. The molecule has 68 valence electrons. The first-order valence-electron chi connectivity index (χ1n) is 4.01. The van der Waals surface area contributed by atoms with Gasteiger partial charge in [0.1, 0.15) is 5.15 Å². The Morgan fingerprint density at radius 3 is 3.15 bits per heavy atom. The van der Waals surface area contributed by atoms with E-state index >= 15 is 0 Å². The Balaban J connectivity index is 2.51. The summed E-state index contributed by atoms with van der Waals surface area (Å²) in [4.78, 5) is 15.5. The Morgan fingerprint density at radius 2 is 2.38 bits per heavy atom. The molecule has 0 aliphatic heterocycles. The molecule has 1 unspecified atom stereocenters. The maximum atomic E-state index is 11.6. The molecule has 1 aliphatic rings. The number of Topliss-reactive ketones (excluding diaryl/α,β-unsaturated/α-hetero) is 1. The van der Waals surface area contributed by atoms with Crippen LogP contribution < -0.4 is 0 Å². The minimum Gasteiger partial charge on any atom is -0.293 e. The van der Waals surface area contributed by atoms with Gasteiger partial charge in [-0.2, -0.15) is 0 Å². The van der Waals surface area contributed by atoms with Crippen LogP contribution in [0.4, 0.5) is 0 Å². The van der Waals surface area contributed by atoms with Crippen molar-refractivity contribution in [2.24, 2.45) is 0 Å². The van der Waals surface area contributed by atoms with Gasteiger partial charge in [-0.15, -0.1) is 0 Å². The molecule has 0 saturated carbocycles. The van der Waals surface area contributed by atoms with Gasteiger partial charge >= 0.3 is 0 Å². The number of halogens is 2. The first kappa shape index (κ1) is 9.16. The number of hydrogen-bond acceptors (Lipinski definition) is 2. The fourth-order valence-electron chi connectivity index (χ4n) is 1.47. The molecule has 1 atom stereocenters. The van der Waals surface area contributed by atoms with Crippen molar-refractivity contribution in [3.05, 3.63) is 28.5 Å². The number of carbonyl (C=O) groups is 1. The molecule has 1 aromatic heterocycles. The average molecular weight is 261 g/mol. The zero-order valence-corrected chi connectivity index (χ0v) is 9.10. The highest BCUT2D eigenvalue weighted by Crippen LogP contribution is 2.26. The largest absolute Gasteiger partial charge is 0.293 e. The smallest absolute Gasteiger partial charge is 0.176 e. The van der Waals surface area contributed by atoms with Crippen molar-refractivity contribution in [2.75, 3.05) is 0 Å². The Morgan fingerprint density at radius 1 is 1.62 bits per heavy atom. The standard InChI is InChI=1S/C9H7BrClNO/c10-7-2-1-5-4-12-8(11)3-6(5)9(7)13/h3-4,7H,1-2H2. The van der Waals surface area contributed by atoms with Crippen molar-refractivity contribution in [1.29, 1.82) is 0 Å². The predicted octanol–water partition coefficient (Wildman–Crippen LogP) is 2.63. The van der Waals surface area contributed by atoms with Crippen LogP contribution in [0.2, 0.25) is 5.15 Å². The van der Waals surface area contributed by atoms with Gasteiger partial charge in [0.15, 0.2) is 5.78 Å². The molecule has 0 bridgehead atoms. The van der Waals surface area contributed by atoms with Crippen LogP contribution in [0, 0.1) is 0 Å². The van der Waals surface area contributed by atoms with E-state index in [-0.39, 0.29) is 10.6 Å². The van der Waals surface area contributed by atoms with Crippen molar-refractivity contribution in [2.45, 2.75) is 17.7 Å². The SMILES string of the molecule is O=C1c2cc(Cl)ncc2CCC1Br. The van der Waals surface area contributed by atoms with Gasteiger partial charge in [-0.1, -0.05) is 27.5 Å². The molecule has 1 heterocycles. The summed E-state index contributed by atoms with van der Waals surface area (Å²) in [5.74, 6) is 0.116. The lowest BCUT2D eigenvalue weighted by molar-refractivity contribution is 0.0981. The van der Waals surface area contributed by atoms with Gasteiger partial charge in [-0.05, 0) is 24.5 Å². The van der Waals surface area contributed by atoms with Crippen molar-refractivity contribution < 1.29 is 4.79 Å². The van der Waals surface area contributed by atoms with E-state index in [2.05, 4.69) is 20.9 Å². The molecule has 2 rings (SSSR count). The number of carbonyl (C=O) groups excluding carboxylic acids is 1. The van der Waals surface area contributed by atoms with E-state index in [0.717, 1.165) is 18.4 Å². The van der Waals surface area contributed by atoms with Crippen LogP contribution in [-0.4, -0.2) is 15.6 Å². The van der Waals surface area contributed by atoms with Crippen LogP contribution in [0.15, 0.2) is 12.3 Å². The second-order valence-electron chi connectivity index (χ2n) is 3.03. The van der Waals surface area contributed by atoms with Gasteiger partial charge in [0.05, 0.1) is 4.83 Å². The predicted molar refractivity (Wildman–Crippen MR) is 54.6 cm³/mol. The summed E-state index contributed by atoms with van der Waals surface area (Å²) in [6.07, 6.45) is 3.42. The van der Waals surface area contributed by atoms with E-state index in [0.29, 0.717) is 10.7 Å². The molecule has 0 N–H and O–H groups in total. The molecule has 2 nitrogen and oxygen atoms in total. The van der Waals surface area contributed by atoms with Gasteiger partial charge in [0.25, 0.3) is 0 Å². The van der Waals surface area contributed by atoms with E-state index < -0.39 is 0 Å². The lowest BCUT2D eigenvalue weighted by Gasteiger charge is -2.18. The number of hydrogen-bond donors (Lipinski definition) is 0. The topological polar surface area (TPSA) is 30.0 Å². The van der Waals surface area contributed by atoms with Crippen LogP contribution in [-0.2, 0) is 6.42 Å². The number of rotatable bonds is 0. The second-order valence-corrected chi connectivity index (χ2v) is 4.53. The summed E-state index contributed by atoms with van der Waals surface area (Å²) in [6.45, 7) is 0. The maximum absolute atomic E-state index is 11.6. The van der Waals surface area contributed by atoms with Crippen LogP contribution in [0.25, 0.3) is 0 Å². The molecular weight excluding hydrogens is 253 g/mol. The Hall–Kier alpha value is -0.410. The molecule has 1 aliphatic carbocycles. The summed E-state index contributed by atoms with van der Waals surface area (Å²) in [5.41, 5.74) is 1.72. The molecule has 1 aromatic rings. The summed E-state index contributed by atoms with van der Waals surface area (Å²) in [6, 6.07) is 1.65. The van der Waals surface area contributed by atoms with Crippen LogP contribution in [0.3, 0.4) is 0 Å². The van der Waals surface area contributed by atoms with E-state index in [9.17, 15) is 4.79 Å². The molecule has 4 heteroatoms. The van der Waals surface area contributed by atoms with Crippen LogP contribution >= 0.6 is 27.5 Å². The van der Waals surface area contributed by atoms with E-state index in [4.69, 9.17) is 11.6 Å². The highest BCUT2D eigenvalue weighted by atomic mass is 79.9. The zero-order chi connectivity index (χ0) is 9.42. The Bertz CT molecular complexity index is 367. The average Bonchev–Trinajstić information content (AvgIpc) is 2.12. The summed E-state index contributed by atoms with van der Waals surface area (Å²) in [5, 5.41) is 0.383. The third-order valence-corrected chi connectivity index (χ3v) is 3.25. The number of fused-ring (bicyclic) bond motifs is 1. The number of alkyl halides is 1. The molecule has 0 spiro atoms. The molecule has 0 radical (unpaired) electrons. The van der Waals surface area contributed by atoms with Crippen molar-refractivity contribution in [3.8, 4) is 0 Å². The normalized spacial score (nSPS) is 21.4. The molecule has 0 aromatic carbocycles. The van der Waals surface area contributed by atoms with Crippen molar-refractivity contribution >= 4 is 33.3 Å². The number of pyridine rings is 1. The molecule has 0 fully saturated rings. The molecule has 0 saturated heterocycles. The van der Waals surface area contributed by atoms with Crippen LogP contribution in [0.5, 0.6) is 0 Å². The van der Waals surface area contributed by atoms with E-state index in [1.807, 2.05) is 0 Å². The van der Waals surface area contributed by atoms with Crippen molar-refractivity contribution in [1.82, 2.24) is 4.98 Å². The molecule has 0 amide bonds. The summed E-state index contributed by atoms with van der Waals surface area (Å²) < 4.78 is 0. The number of ketones is 1. The van der Waals surface area contributed by atoms with Gasteiger partial charge < -0.3 is 0 Å². The zero-order valence-electron chi connectivity index (χ0n) is 6.76. The molecular formula is C9H7BrClNO. The Labute approximate surface area is 89.4 Å². The minimum atomic E-state index is -0.0570. The fraction of sp³-hybridized carbons (Fsp3) is 0.333. The third-order valence-electron chi connectivity index (χ3n) is 2.17. The lowest BCUT2D eigenvalue weighted by atomic mass is 9.92. The van der Waals surface area contributed by atoms with Gasteiger partial charge in [-0.25, -0.2) is 4.98 Å². The highest BCUT2D eigenvalue weighted by molar-refractivity contribution is 9.10. The minimum absolute atomic E-state index is 0.0570. The van der Waals surface area contributed by atoms with Crippen LogP contribution in [0.1, 0.15) is 22.3 Å². The maximum Gasteiger partial charge on any atom is 0.176 e. The number of nitrogens with zero attached hydrogens (tertiary/aromatic N) is 1. The monoisotopic (exact) mass is 259 g/mol.